The fourth-order valence-electron chi connectivity index (χ4n) is 3.06. The summed E-state index contributed by atoms with van der Waals surface area (Å²) >= 11 is 0. The molecule has 0 aliphatic rings. The minimum Gasteiger partial charge on any atom is -0.507 e. The number of nitrogens with zero attached hydrogens (tertiary/aromatic N) is 1. The molecule has 27 heavy (non-hydrogen) atoms. The fourth-order valence-corrected chi connectivity index (χ4v) is 3.06. The Bertz CT molecular complexity index is 752. The van der Waals surface area contributed by atoms with E-state index in [0.29, 0.717) is 18.2 Å². The molecule has 1 amide bonds. The molecule has 3 atom stereocenters. The van der Waals surface area contributed by atoms with E-state index < -0.39 is 12.0 Å². The average molecular weight is 371 g/mol. The lowest BCUT2D eigenvalue weighted by atomic mass is 10.0. The van der Waals surface area contributed by atoms with Crippen LogP contribution in [-0.4, -0.2) is 41.8 Å². The van der Waals surface area contributed by atoms with Gasteiger partial charge in [-0.15, -0.1) is 0 Å². The molecule has 0 saturated heterocycles. The normalized spacial score (nSPS) is 14.4. The lowest BCUT2D eigenvalue weighted by Crippen LogP contribution is -2.38. The molecule has 0 heterocycles. The maximum absolute atomic E-state index is 11.3. The van der Waals surface area contributed by atoms with Gasteiger partial charge in [0.2, 0.25) is 0 Å². The molecule has 6 nitrogen and oxygen atoms in total. The van der Waals surface area contributed by atoms with E-state index in [2.05, 4.69) is 43.2 Å². The molecule has 2 aromatic carbocycles. The largest absolute Gasteiger partial charge is 0.507 e. The van der Waals surface area contributed by atoms with Gasteiger partial charge in [-0.3, -0.25) is 4.79 Å². The van der Waals surface area contributed by atoms with Crippen LogP contribution in [0, 0.1) is 0 Å². The second-order valence-electron chi connectivity index (χ2n) is 7.00. The van der Waals surface area contributed by atoms with Gasteiger partial charge < -0.3 is 26.2 Å². The van der Waals surface area contributed by atoms with Crippen molar-refractivity contribution in [3.63, 3.8) is 0 Å². The first-order chi connectivity index (χ1) is 12.8. The predicted octanol–water partition coefficient (Wildman–Crippen LogP) is 2.42. The summed E-state index contributed by atoms with van der Waals surface area (Å²) in [5.41, 5.74) is 6.95. The van der Waals surface area contributed by atoms with Crippen LogP contribution < -0.4 is 16.0 Å². The third kappa shape index (κ3) is 5.70. The summed E-state index contributed by atoms with van der Waals surface area (Å²) in [6, 6.07) is 15.1. The molecule has 6 heteroatoms. The average Bonchev–Trinajstić information content (AvgIpc) is 2.66. The standard InChI is InChI=1S/C21H29N3O3/c1-14(11-15(2)24(3)17-7-5-4-6-8-17)23-13-20(26)16-9-10-19(25)18(12-16)21(22)27/h4-10,12,14-15,20,23,25-26H,11,13H2,1-3H3,(H2,22,27). The lowest BCUT2D eigenvalue weighted by Gasteiger charge is -2.30. The van der Waals surface area contributed by atoms with Gasteiger partial charge in [-0.05, 0) is 50.1 Å². The zero-order valence-electron chi connectivity index (χ0n) is 16.1. The van der Waals surface area contributed by atoms with Crippen LogP contribution in [-0.2, 0) is 0 Å². The summed E-state index contributed by atoms with van der Waals surface area (Å²) in [7, 11) is 2.07. The van der Waals surface area contributed by atoms with Crippen LogP contribution in [0.1, 0.15) is 42.3 Å². The third-order valence-corrected chi connectivity index (χ3v) is 4.85. The summed E-state index contributed by atoms with van der Waals surface area (Å²) < 4.78 is 0. The smallest absolute Gasteiger partial charge is 0.252 e. The molecule has 0 aliphatic heterocycles. The Balaban J connectivity index is 1.88. The van der Waals surface area contributed by atoms with Gasteiger partial charge in [0.25, 0.3) is 5.91 Å². The molecule has 0 fully saturated rings. The predicted molar refractivity (Wildman–Crippen MR) is 108 cm³/mol. The number of aromatic hydroxyl groups is 1. The first-order valence-electron chi connectivity index (χ1n) is 9.11. The molecule has 0 aliphatic carbocycles. The molecule has 146 valence electrons. The maximum atomic E-state index is 11.3. The van der Waals surface area contributed by atoms with Crippen LogP contribution in [0.3, 0.4) is 0 Å². The number of nitrogens with one attached hydrogen (secondary N) is 1. The van der Waals surface area contributed by atoms with Gasteiger partial charge in [0, 0.05) is 31.4 Å². The highest BCUT2D eigenvalue weighted by Gasteiger charge is 2.17. The van der Waals surface area contributed by atoms with E-state index in [-0.39, 0.29) is 17.4 Å². The summed E-state index contributed by atoms with van der Waals surface area (Å²) in [6.45, 7) is 4.58. The molecule has 0 saturated carbocycles. The molecule has 0 bridgehead atoms. The van der Waals surface area contributed by atoms with Gasteiger partial charge in [-0.1, -0.05) is 24.3 Å². The van der Waals surface area contributed by atoms with Crippen molar-refractivity contribution in [3.8, 4) is 5.75 Å². The van der Waals surface area contributed by atoms with Crippen molar-refractivity contribution in [2.75, 3.05) is 18.5 Å². The number of phenols is 1. The Kier molecular flexibility index (Phi) is 7.21. The van der Waals surface area contributed by atoms with Crippen LogP contribution >= 0.6 is 0 Å². The van der Waals surface area contributed by atoms with Crippen molar-refractivity contribution < 1.29 is 15.0 Å². The molecule has 0 spiro atoms. The van der Waals surface area contributed by atoms with Crippen LogP contribution in [0.15, 0.2) is 48.5 Å². The van der Waals surface area contributed by atoms with E-state index in [1.54, 1.807) is 6.07 Å². The fraction of sp³-hybridized carbons (Fsp3) is 0.381. The van der Waals surface area contributed by atoms with Crippen molar-refractivity contribution >= 4 is 11.6 Å². The number of aliphatic hydroxyl groups is 1. The Hall–Kier alpha value is -2.57. The highest BCUT2D eigenvalue weighted by atomic mass is 16.3. The highest BCUT2D eigenvalue weighted by molar-refractivity contribution is 5.95. The van der Waals surface area contributed by atoms with E-state index in [1.807, 2.05) is 18.2 Å². The number of primary amides is 1. The van der Waals surface area contributed by atoms with Crippen molar-refractivity contribution in [3.05, 3.63) is 59.7 Å². The summed E-state index contributed by atoms with van der Waals surface area (Å²) in [5.74, 6) is -0.904. The molecule has 2 aromatic rings. The zero-order chi connectivity index (χ0) is 20.0. The summed E-state index contributed by atoms with van der Waals surface area (Å²) in [6.07, 6.45) is 0.105. The number of carbonyl (C=O) groups excluding carboxylic acids is 1. The molecule has 0 radical (unpaired) electrons. The molecular weight excluding hydrogens is 342 g/mol. The van der Waals surface area contributed by atoms with Gasteiger partial charge >= 0.3 is 0 Å². The number of hydrogen-bond acceptors (Lipinski definition) is 5. The summed E-state index contributed by atoms with van der Waals surface area (Å²) in [5, 5.41) is 23.4. The molecule has 3 unspecified atom stereocenters. The molecule has 0 aromatic heterocycles. The second-order valence-corrected chi connectivity index (χ2v) is 7.00. The quantitative estimate of drug-likeness (QED) is 0.543. The number of aliphatic hydroxyl groups excluding tert-OH is 1. The number of benzene rings is 2. The highest BCUT2D eigenvalue weighted by Crippen LogP contribution is 2.22. The first-order valence-corrected chi connectivity index (χ1v) is 9.11. The number of para-hydroxylation sites is 1. The minimum absolute atomic E-state index is 0.0118. The maximum Gasteiger partial charge on any atom is 0.252 e. The van der Waals surface area contributed by atoms with Crippen molar-refractivity contribution in [1.82, 2.24) is 5.32 Å². The third-order valence-electron chi connectivity index (χ3n) is 4.85. The number of rotatable bonds is 9. The number of nitrogens with two attached hydrogens (primary N) is 1. The number of carbonyl (C=O) groups is 1. The zero-order valence-corrected chi connectivity index (χ0v) is 16.1. The van der Waals surface area contributed by atoms with E-state index in [1.165, 1.54) is 17.8 Å². The van der Waals surface area contributed by atoms with Crippen LogP contribution in [0.25, 0.3) is 0 Å². The molecule has 2 rings (SSSR count). The van der Waals surface area contributed by atoms with Gasteiger partial charge in [-0.2, -0.15) is 0 Å². The van der Waals surface area contributed by atoms with Crippen LogP contribution in [0.4, 0.5) is 5.69 Å². The summed E-state index contributed by atoms with van der Waals surface area (Å²) in [4.78, 5) is 13.6. The Labute approximate surface area is 160 Å². The monoisotopic (exact) mass is 371 g/mol. The number of hydrogen-bond donors (Lipinski definition) is 4. The molecular formula is C21H29N3O3. The van der Waals surface area contributed by atoms with E-state index in [9.17, 15) is 15.0 Å². The van der Waals surface area contributed by atoms with Gasteiger partial charge in [0.15, 0.2) is 0 Å². The van der Waals surface area contributed by atoms with Crippen molar-refractivity contribution in [2.45, 2.75) is 38.5 Å². The second kappa shape index (κ2) is 9.39. The van der Waals surface area contributed by atoms with E-state index >= 15 is 0 Å². The Morgan fingerprint density at radius 1 is 1.19 bits per heavy atom. The number of anilines is 1. The van der Waals surface area contributed by atoms with E-state index in [0.717, 1.165) is 6.42 Å². The lowest BCUT2D eigenvalue weighted by molar-refractivity contribution is 0.0997. The van der Waals surface area contributed by atoms with Crippen molar-refractivity contribution in [1.29, 1.82) is 0 Å². The van der Waals surface area contributed by atoms with Gasteiger partial charge in [0.05, 0.1) is 11.7 Å². The SMILES string of the molecule is CC(CC(C)N(C)c1ccccc1)NCC(O)c1ccc(O)c(C(N)=O)c1. The first kappa shape index (κ1) is 20.7. The van der Waals surface area contributed by atoms with Crippen LogP contribution in [0.2, 0.25) is 0 Å². The van der Waals surface area contributed by atoms with Gasteiger partial charge in [-0.25, -0.2) is 0 Å². The molecule has 5 N–H and O–H groups in total. The number of amides is 1. The van der Waals surface area contributed by atoms with Crippen LogP contribution in [0.5, 0.6) is 5.75 Å². The Morgan fingerprint density at radius 2 is 1.85 bits per heavy atom. The van der Waals surface area contributed by atoms with Gasteiger partial charge in [0.1, 0.15) is 5.75 Å². The van der Waals surface area contributed by atoms with Crippen molar-refractivity contribution in [2.24, 2.45) is 5.73 Å². The van der Waals surface area contributed by atoms with E-state index in [4.69, 9.17) is 5.73 Å². The minimum atomic E-state index is -0.798. The Morgan fingerprint density at radius 3 is 2.48 bits per heavy atom. The topological polar surface area (TPSA) is 98.8 Å².